The van der Waals surface area contributed by atoms with Crippen molar-refractivity contribution in [2.24, 2.45) is 11.8 Å². The van der Waals surface area contributed by atoms with Crippen LogP contribution in [0.1, 0.15) is 50.5 Å². The molecule has 0 radical (unpaired) electrons. The lowest BCUT2D eigenvalue weighted by Gasteiger charge is -2.34. The summed E-state index contributed by atoms with van der Waals surface area (Å²) < 4.78 is 5.33. The molecule has 0 bridgehead atoms. The van der Waals surface area contributed by atoms with Gasteiger partial charge in [-0.05, 0) is 44.2 Å². The van der Waals surface area contributed by atoms with Gasteiger partial charge in [-0.2, -0.15) is 0 Å². The van der Waals surface area contributed by atoms with Crippen molar-refractivity contribution in [2.45, 2.75) is 51.9 Å². The van der Waals surface area contributed by atoms with Gasteiger partial charge in [-0.1, -0.05) is 30.9 Å². The number of aryl methyl sites for hydroxylation is 1. The SMILES string of the molecule is COc1cc(Cl)c(C)cc1NC(=O)C1CCN(C(=O)C2CCCCC2)CC1. The van der Waals surface area contributed by atoms with E-state index in [2.05, 4.69) is 5.32 Å². The summed E-state index contributed by atoms with van der Waals surface area (Å²) in [6.07, 6.45) is 7.04. The van der Waals surface area contributed by atoms with Gasteiger partial charge in [0.25, 0.3) is 0 Å². The van der Waals surface area contributed by atoms with Crippen LogP contribution in [0.3, 0.4) is 0 Å². The molecule has 6 heteroatoms. The molecule has 0 spiro atoms. The Bertz CT molecular complexity index is 693. The third kappa shape index (κ3) is 4.75. The topological polar surface area (TPSA) is 58.6 Å². The lowest BCUT2D eigenvalue weighted by atomic mass is 9.87. The van der Waals surface area contributed by atoms with E-state index in [0.717, 1.165) is 31.2 Å². The first-order chi connectivity index (χ1) is 13.0. The maximum Gasteiger partial charge on any atom is 0.227 e. The van der Waals surface area contributed by atoms with Crippen molar-refractivity contribution in [1.82, 2.24) is 4.90 Å². The number of ether oxygens (including phenoxy) is 1. The second kappa shape index (κ2) is 8.96. The van der Waals surface area contributed by atoms with Gasteiger partial charge in [0.15, 0.2) is 0 Å². The van der Waals surface area contributed by atoms with E-state index < -0.39 is 0 Å². The maximum absolute atomic E-state index is 12.7. The lowest BCUT2D eigenvalue weighted by molar-refractivity contribution is -0.139. The first-order valence-electron chi connectivity index (χ1n) is 9.93. The molecule has 2 amide bonds. The Labute approximate surface area is 166 Å². The van der Waals surface area contributed by atoms with Gasteiger partial charge in [-0.3, -0.25) is 9.59 Å². The summed E-state index contributed by atoms with van der Waals surface area (Å²) in [6, 6.07) is 3.55. The summed E-state index contributed by atoms with van der Waals surface area (Å²) >= 11 is 6.13. The molecule has 3 rings (SSSR count). The van der Waals surface area contributed by atoms with Gasteiger partial charge in [0.1, 0.15) is 5.75 Å². The molecule has 1 N–H and O–H groups in total. The molecule has 1 saturated carbocycles. The van der Waals surface area contributed by atoms with Crippen LogP contribution < -0.4 is 10.1 Å². The number of nitrogens with one attached hydrogen (secondary N) is 1. The van der Waals surface area contributed by atoms with E-state index in [4.69, 9.17) is 16.3 Å². The second-order valence-electron chi connectivity index (χ2n) is 7.73. The number of amides is 2. The molecule has 0 atom stereocenters. The molecule has 5 nitrogen and oxygen atoms in total. The number of likely N-dealkylation sites (tertiary alicyclic amines) is 1. The van der Waals surface area contributed by atoms with Crippen LogP contribution in [0.4, 0.5) is 5.69 Å². The highest BCUT2D eigenvalue weighted by Crippen LogP contribution is 2.32. The number of carbonyl (C=O) groups is 2. The average molecular weight is 393 g/mol. The van der Waals surface area contributed by atoms with Gasteiger partial charge in [-0.15, -0.1) is 0 Å². The van der Waals surface area contributed by atoms with Gasteiger partial charge < -0.3 is 15.0 Å². The van der Waals surface area contributed by atoms with Gasteiger partial charge in [0.2, 0.25) is 11.8 Å². The van der Waals surface area contributed by atoms with Crippen LogP contribution >= 0.6 is 11.6 Å². The van der Waals surface area contributed by atoms with Crippen molar-refractivity contribution < 1.29 is 14.3 Å². The average Bonchev–Trinajstić information content (AvgIpc) is 2.70. The Morgan fingerprint density at radius 1 is 1.07 bits per heavy atom. The monoisotopic (exact) mass is 392 g/mol. The van der Waals surface area contributed by atoms with E-state index in [9.17, 15) is 9.59 Å². The number of carbonyl (C=O) groups excluding carboxylic acids is 2. The summed E-state index contributed by atoms with van der Waals surface area (Å²) in [4.78, 5) is 27.3. The predicted molar refractivity (Wildman–Crippen MR) is 107 cm³/mol. The number of nitrogens with zero attached hydrogens (tertiary/aromatic N) is 1. The molecular formula is C21H29ClN2O3. The van der Waals surface area contributed by atoms with Crippen LogP contribution in [-0.2, 0) is 9.59 Å². The summed E-state index contributed by atoms with van der Waals surface area (Å²) in [7, 11) is 1.56. The summed E-state index contributed by atoms with van der Waals surface area (Å²) in [5.74, 6) is 0.957. The molecule has 1 aromatic rings. The van der Waals surface area contributed by atoms with Crippen molar-refractivity contribution in [2.75, 3.05) is 25.5 Å². The molecular weight excluding hydrogens is 364 g/mol. The fourth-order valence-electron chi connectivity index (χ4n) is 4.13. The third-order valence-electron chi connectivity index (χ3n) is 5.87. The Kier molecular flexibility index (Phi) is 6.64. The Morgan fingerprint density at radius 3 is 2.37 bits per heavy atom. The van der Waals surface area contributed by atoms with E-state index in [1.807, 2.05) is 17.9 Å². The fourth-order valence-corrected chi connectivity index (χ4v) is 4.29. The molecule has 0 aromatic heterocycles. The van der Waals surface area contributed by atoms with Gasteiger partial charge >= 0.3 is 0 Å². The molecule has 2 aliphatic rings. The molecule has 27 heavy (non-hydrogen) atoms. The van der Waals surface area contributed by atoms with Gasteiger partial charge in [-0.25, -0.2) is 0 Å². The normalized spacial score (nSPS) is 19.0. The molecule has 1 aliphatic carbocycles. The number of hydrogen-bond donors (Lipinski definition) is 1. The van der Waals surface area contributed by atoms with E-state index in [-0.39, 0.29) is 17.7 Å². The number of rotatable bonds is 4. The molecule has 0 unspecified atom stereocenters. The van der Waals surface area contributed by atoms with Crippen LogP contribution in [0.2, 0.25) is 5.02 Å². The number of halogens is 1. The zero-order chi connectivity index (χ0) is 19.4. The number of piperidine rings is 1. The molecule has 1 aliphatic heterocycles. The lowest BCUT2D eigenvalue weighted by Crippen LogP contribution is -2.44. The van der Waals surface area contributed by atoms with Crippen LogP contribution in [0.25, 0.3) is 0 Å². The van der Waals surface area contributed by atoms with Crippen molar-refractivity contribution >= 4 is 29.1 Å². The van der Waals surface area contributed by atoms with Crippen molar-refractivity contribution in [3.8, 4) is 5.75 Å². The summed E-state index contributed by atoms with van der Waals surface area (Å²) in [6.45, 7) is 3.24. The summed E-state index contributed by atoms with van der Waals surface area (Å²) in [5, 5.41) is 3.59. The van der Waals surface area contributed by atoms with E-state index >= 15 is 0 Å². The first kappa shape index (κ1) is 20.0. The standard InChI is InChI=1S/C21H29ClN2O3/c1-14-12-18(19(27-2)13-17(14)22)23-20(25)15-8-10-24(11-9-15)21(26)16-6-4-3-5-7-16/h12-13,15-16H,3-11H2,1-2H3,(H,23,25). The van der Waals surface area contributed by atoms with Crippen LogP contribution in [0, 0.1) is 18.8 Å². The number of anilines is 1. The zero-order valence-electron chi connectivity index (χ0n) is 16.2. The van der Waals surface area contributed by atoms with Gasteiger partial charge in [0.05, 0.1) is 12.8 Å². The van der Waals surface area contributed by atoms with Crippen LogP contribution in [-0.4, -0.2) is 36.9 Å². The number of hydrogen-bond acceptors (Lipinski definition) is 3. The first-order valence-corrected chi connectivity index (χ1v) is 10.3. The molecule has 2 fully saturated rings. The summed E-state index contributed by atoms with van der Waals surface area (Å²) in [5.41, 5.74) is 1.53. The molecule has 1 heterocycles. The molecule has 1 aromatic carbocycles. The quantitative estimate of drug-likeness (QED) is 0.825. The predicted octanol–water partition coefficient (Wildman–Crippen LogP) is 4.41. The second-order valence-corrected chi connectivity index (χ2v) is 8.13. The van der Waals surface area contributed by atoms with Gasteiger partial charge in [0, 0.05) is 36.0 Å². The minimum absolute atomic E-state index is 0.0141. The Balaban J connectivity index is 1.56. The van der Waals surface area contributed by atoms with E-state index in [1.165, 1.54) is 6.42 Å². The maximum atomic E-state index is 12.7. The van der Waals surface area contributed by atoms with Crippen LogP contribution in [0.5, 0.6) is 5.75 Å². The van der Waals surface area contributed by atoms with E-state index in [1.54, 1.807) is 13.2 Å². The van der Waals surface area contributed by atoms with Crippen molar-refractivity contribution in [1.29, 1.82) is 0 Å². The van der Waals surface area contributed by atoms with Crippen LogP contribution in [0.15, 0.2) is 12.1 Å². The van der Waals surface area contributed by atoms with Crippen molar-refractivity contribution in [3.63, 3.8) is 0 Å². The molecule has 148 valence electrons. The van der Waals surface area contributed by atoms with Crippen molar-refractivity contribution in [3.05, 3.63) is 22.7 Å². The third-order valence-corrected chi connectivity index (χ3v) is 6.28. The van der Waals surface area contributed by atoms with E-state index in [0.29, 0.717) is 48.3 Å². The highest BCUT2D eigenvalue weighted by molar-refractivity contribution is 6.31. The Hall–Kier alpha value is -1.75. The minimum atomic E-state index is -0.0823. The highest BCUT2D eigenvalue weighted by Gasteiger charge is 2.31. The Morgan fingerprint density at radius 2 is 1.74 bits per heavy atom. The minimum Gasteiger partial charge on any atom is -0.495 e. The number of benzene rings is 1. The molecule has 1 saturated heterocycles. The number of methoxy groups -OCH3 is 1. The largest absolute Gasteiger partial charge is 0.495 e. The smallest absolute Gasteiger partial charge is 0.227 e. The fraction of sp³-hybridized carbons (Fsp3) is 0.619. The highest BCUT2D eigenvalue weighted by atomic mass is 35.5. The zero-order valence-corrected chi connectivity index (χ0v) is 17.0.